The third-order valence-corrected chi connectivity index (χ3v) is 5.74. The standard InChI is InChI=1S/C21H23N5OS/c1-15-10-12-26(13-11-15)19-9-8-18(24-25-19)16-4-6-17(7-5-16)22-21(27)23-20-3-2-14-28-20/h2-9,14-15H,10-13H2,1H3,(H2,22,23,27). The van der Waals surface area contributed by atoms with Crippen LogP contribution in [0.5, 0.6) is 0 Å². The Labute approximate surface area is 168 Å². The van der Waals surface area contributed by atoms with Crippen LogP contribution in [0.1, 0.15) is 19.8 Å². The summed E-state index contributed by atoms with van der Waals surface area (Å²) in [4.78, 5) is 14.3. The Bertz CT molecular complexity index is 901. The maximum atomic E-state index is 12.0. The van der Waals surface area contributed by atoms with Gasteiger partial charge < -0.3 is 10.2 Å². The van der Waals surface area contributed by atoms with Crippen LogP contribution < -0.4 is 15.5 Å². The van der Waals surface area contributed by atoms with Gasteiger partial charge in [0, 0.05) is 24.3 Å². The van der Waals surface area contributed by atoms with E-state index in [1.807, 2.05) is 53.9 Å². The summed E-state index contributed by atoms with van der Waals surface area (Å²) >= 11 is 1.48. The lowest BCUT2D eigenvalue weighted by atomic mass is 9.99. The number of hydrogen-bond donors (Lipinski definition) is 2. The molecule has 1 aliphatic heterocycles. The number of aromatic nitrogens is 2. The minimum atomic E-state index is -0.254. The lowest BCUT2D eigenvalue weighted by Gasteiger charge is -2.30. The summed E-state index contributed by atoms with van der Waals surface area (Å²) in [5.74, 6) is 1.74. The van der Waals surface area contributed by atoms with Crippen molar-refractivity contribution in [3.63, 3.8) is 0 Å². The molecule has 28 heavy (non-hydrogen) atoms. The predicted octanol–water partition coefficient (Wildman–Crippen LogP) is 5.09. The average molecular weight is 394 g/mol. The topological polar surface area (TPSA) is 70.2 Å². The number of carbonyl (C=O) groups excluding carboxylic acids is 1. The molecular formula is C21H23N5OS. The molecular weight excluding hydrogens is 370 g/mol. The van der Waals surface area contributed by atoms with Gasteiger partial charge in [0.15, 0.2) is 5.82 Å². The fraction of sp³-hybridized carbons (Fsp3) is 0.286. The normalized spacial score (nSPS) is 14.7. The number of carbonyl (C=O) groups is 1. The molecule has 1 fully saturated rings. The van der Waals surface area contributed by atoms with Crippen molar-refractivity contribution in [2.45, 2.75) is 19.8 Å². The van der Waals surface area contributed by atoms with Crippen LogP contribution in [0.4, 0.5) is 21.3 Å². The first-order chi connectivity index (χ1) is 13.7. The maximum Gasteiger partial charge on any atom is 0.324 e. The molecule has 2 amide bonds. The van der Waals surface area contributed by atoms with Gasteiger partial charge in [0.05, 0.1) is 10.7 Å². The molecule has 1 saturated heterocycles. The van der Waals surface area contributed by atoms with E-state index >= 15 is 0 Å². The molecule has 0 bridgehead atoms. The van der Waals surface area contributed by atoms with Crippen LogP contribution in [0.25, 0.3) is 11.3 Å². The van der Waals surface area contributed by atoms with Gasteiger partial charge in [-0.1, -0.05) is 19.1 Å². The van der Waals surface area contributed by atoms with Gasteiger partial charge in [-0.3, -0.25) is 5.32 Å². The average Bonchev–Trinajstić information content (AvgIpc) is 3.22. The number of anilines is 3. The Morgan fingerprint density at radius 3 is 2.46 bits per heavy atom. The molecule has 4 rings (SSSR count). The molecule has 1 aromatic carbocycles. The van der Waals surface area contributed by atoms with E-state index in [-0.39, 0.29) is 6.03 Å². The fourth-order valence-corrected chi connectivity index (χ4v) is 3.85. The molecule has 7 heteroatoms. The van der Waals surface area contributed by atoms with E-state index in [0.29, 0.717) is 0 Å². The first kappa shape index (κ1) is 18.4. The van der Waals surface area contributed by atoms with Crippen LogP contribution in [-0.4, -0.2) is 29.3 Å². The van der Waals surface area contributed by atoms with Gasteiger partial charge in [-0.2, -0.15) is 0 Å². The van der Waals surface area contributed by atoms with E-state index in [0.717, 1.165) is 46.8 Å². The molecule has 3 heterocycles. The van der Waals surface area contributed by atoms with Gasteiger partial charge >= 0.3 is 6.03 Å². The first-order valence-corrected chi connectivity index (χ1v) is 10.4. The summed E-state index contributed by atoms with van der Waals surface area (Å²) < 4.78 is 0. The molecule has 1 aliphatic rings. The lowest BCUT2D eigenvalue weighted by Crippen LogP contribution is -2.33. The highest BCUT2D eigenvalue weighted by Crippen LogP contribution is 2.24. The first-order valence-electron chi connectivity index (χ1n) is 9.48. The molecule has 0 aliphatic carbocycles. The van der Waals surface area contributed by atoms with Crippen LogP contribution in [0.3, 0.4) is 0 Å². The number of piperidine rings is 1. The zero-order chi connectivity index (χ0) is 19.3. The van der Waals surface area contributed by atoms with Crippen LogP contribution in [-0.2, 0) is 0 Å². The summed E-state index contributed by atoms with van der Waals surface area (Å²) in [5, 5.41) is 17.2. The van der Waals surface area contributed by atoms with E-state index in [1.54, 1.807) is 0 Å². The van der Waals surface area contributed by atoms with Gasteiger partial charge in [-0.05, 0) is 60.5 Å². The number of amides is 2. The lowest BCUT2D eigenvalue weighted by molar-refractivity contribution is 0.262. The highest BCUT2D eigenvalue weighted by molar-refractivity contribution is 7.14. The Morgan fingerprint density at radius 2 is 1.82 bits per heavy atom. The molecule has 144 valence electrons. The molecule has 0 unspecified atom stereocenters. The fourth-order valence-electron chi connectivity index (χ4n) is 3.23. The van der Waals surface area contributed by atoms with Crippen LogP contribution >= 0.6 is 11.3 Å². The SMILES string of the molecule is CC1CCN(c2ccc(-c3ccc(NC(=O)Nc4cccs4)cc3)nn2)CC1. The van der Waals surface area contributed by atoms with Gasteiger partial charge in [-0.25, -0.2) is 4.79 Å². The minimum Gasteiger partial charge on any atom is -0.355 e. The highest BCUT2D eigenvalue weighted by atomic mass is 32.1. The zero-order valence-corrected chi connectivity index (χ0v) is 16.6. The van der Waals surface area contributed by atoms with Crippen LogP contribution in [0, 0.1) is 5.92 Å². The molecule has 0 atom stereocenters. The monoisotopic (exact) mass is 393 g/mol. The van der Waals surface area contributed by atoms with Crippen molar-refractivity contribution in [1.82, 2.24) is 10.2 Å². The Hall–Kier alpha value is -2.93. The second-order valence-corrected chi connectivity index (χ2v) is 8.03. The molecule has 2 N–H and O–H groups in total. The number of nitrogens with zero attached hydrogens (tertiary/aromatic N) is 3. The van der Waals surface area contributed by atoms with Crippen LogP contribution in [0.15, 0.2) is 53.9 Å². The number of urea groups is 1. The zero-order valence-electron chi connectivity index (χ0n) is 15.8. The van der Waals surface area contributed by atoms with Gasteiger partial charge in [0.25, 0.3) is 0 Å². The van der Waals surface area contributed by atoms with E-state index in [4.69, 9.17) is 0 Å². The summed E-state index contributed by atoms with van der Waals surface area (Å²) in [6.45, 7) is 4.39. The second-order valence-electron chi connectivity index (χ2n) is 7.08. The Balaban J connectivity index is 1.37. The number of hydrogen-bond acceptors (Lipinski definition) is 5. The number of thiophene rings is 1. The highest BCUT2D eigenvalue weighted by Gasteiger charge is 2.17. The summed E-state index contributed by atoms with van der Waals surface area (Å²) in [7, 11) is 0. The third kappa shape index (κ3) is 4.48. The summed E-state index contributed by atoms with van der Waals surface area (Å²) in [6.07, 6.45) is 2.41. The molecule has 2 aromatic heterocycles. The number of benzene rings is 1. The third-order valence-electron chi connectivity index (χ3n) is 4.95. The second kappa shape index (κ2) is 8.39. The molecule has 3 aromatic rings. The van der Waals surface area contributed by atoms with E-state index in [9.17, 15) is 4.79 Å². The predicted molar refractivity (Wildman–Crippen MR) is 115 cm³/mol. The molecule has 0 saturated carbocycles. The Morgan fingerprint density at radius 1 is 1.04 bits per heavy atom. The van der Waals surface area contributed by atoms with Crippen molar-refractivity contribution >= 4 is 33.9 Å². The van der Waals surface area contributed by atoms with Crippen molar-refractivity contribution in [1.29, 1.82) is 0 Å². The summed E-state index contributed by atoms with van der Waals surface area (Å²) in [6, 6.07) is 15.2. The molecule has 0 spiro atoms. The van der Waals surface area contributed by atoms with E-state index < -0.39 is 0 Å². The minimum absolute atomic E-state index is 0.254. The smallest absolute Gasteiger partial charge is 0.324 e. The van der Waals surface area contributed by atoms with E-state index in [2.05, 4.69) is 32.7 Å². The molecule has 6 nitrogen and oxygen atoms in total. The van der Waals surface area contributed by atoms with Crippen molar-refractivity contribution in [2.75, 3.05) is 28.6 Å². The van der Waals surface area contributed by atoms with Crippen molar-refractivity contribution in [3.05, 3.63) is 53.9 Å². The summed E-state index contributed by atoms with van der Waals surface area (Å²) in [5.41, 5.74) is 2.52. The number of rotatable bonds is 4. The molecule has 0 radical (unpaired) electrons. The van der Waals surface area contributed by atoms with Crippen molar-refractivity contribution < 1.29 is 4.79 Å². The van der Waals surface area contributed by atoms with Gasteiger partial charge in [0.1, 0.15) is 0 Å². The van der Waals surface area contributed by atoms with Crippen molar-refractivity contribution in [3.8, 4) is 11.3 Å². The van der Waals surface area contributed by atoms with Gasteiger partial charge in [-0.15, -0.1) is 21.5 Å². The van der Waals surface area contributed by atoms with Gasteiger partial charge in [0.2, 0.25) is 0 Å². The Kier molecular flexibility index (Phi) is 5.53. The quantitative estimate of drug-likeness (QED) is 0.648. The van der Waals surface area contributed by atoms with E-state index in [1.165, 1.54) is 24.2 Å². The van der Waals surface area contributed by atoms with Crippen LogP contribution in [0.2, 0.25) is 0 Å². The largest absolute Gasteiger partial charge is 0.355 e. The maximum absolute atomic E-state index is 12.0. The number of nitrogens with one attached hydrogen (secondary N) is 2. The van der Waals surface area contributed by atoms with Crippen molar-refractivity contribution in [2.24, 2.45) is 5.92 Å².